The predicted octanol–water partition coefficient (Wildman–Crippen LogP) is 3.84. The molecule has 0 bridgehead atoms. The molecule has 0 radical (unpaired) electrons. The summed E-state index contributed by atoms with van der Waals surface area (Å²) in [6.07, 6.45) is 0.114. The van der Waals surface area contributed by atoms with Gasteiger partial charge in [-0.2, -0.15) is 5.10 Å². The van der Waals surface area contributed by atoms with Gasteiger partial charge in [0.15, 0.2) is 0 Å². The van der Waals surface area contributed by atoms with Crippen molar-refractivity contribution in [2.45, 2.75) is 13.3 Å². The van der Waals surface area contributed by atoms with Crippen molar-refractivity contribution in [3.63, 3.8) is 0 Å². The molecule has 1 saturated heterocycles. The van der Waals surface area contributed by atoms with Gasteiger partial charge in [-0.05, 0) is 37.3 Å². The van der Waals surface area contributed by atoms with E-state index < -0.39 is 10.8 Å². The molecular weight excluding hydrogens is 466 g/mol. The number of aryl methyl sites for hydroxylation is 1. The van der Waals surface area contributed by atoms with E-state index in [1.54, 1.807) is 30.0 Å². The highest BCUT2D eigenvalue weighted by atomic mass is 79.9. The van der Waals surface area contributed by atoms with Crippen LogP contribution in [-0.2, 0) is 9.59 Å². The number of halogens is 1. The van der Waals surface area contributed by atoms with Crippen LogP contribution < -0.4 is 10.2 Å². The number of rotatable bonds is 5. The molecule has 1 fully saturated rings. The van der Waals surface area contributed by atoms with Gasteiger partial charge < -0.3 is 10.2 Å². The second-order valence-corrected chi connectivity index (χ2v) is 8.15. The zero-order valence-electron chi connectivity index (χ0n) is 16.5. The van der Waals surface area contributed by atoms with Crippen LogP contribution in [-0.4, -0.2) is 33.1 Å². The second-order valence-electron chi connectivity index (χ2n) is 7.23. The Kier molecular flexibility index (Phi) is 5.55. The third-order valence-corrected chi connectivity index (χ3v) is 5.50. The Morgan fingerprint density at radius 2 is 1.94 bits per heavy atom. The topological polar surface area (TPSA) is 110 Å². The molecule has 31 heavy (non-hydrogen) atoms. The summed E-state index contributed by atoms with van der Waals surface area (Å²) in [4.78, 5) is 37.4. The van der Waals surface area contributed by atoms with E-state index in [0.29, 0.717) is 17.2 Å². The summed E-state index contributed by atoms with van der Waals surface area (Å²) in [5.74, 6) is -0.469. The SMILES string of the molecule is Cc1cc(NC(=O)C2CC(=O)N(c3cccc(Br)c3)C2)n(-c2ccc([N+](=O)[O-])cc2)n1. The van der Waals surface area contributed by atoms with E-state index in [2.05, 4.69) is 26.3 Å². The summed E-state index contributed by atoms with van der Waals surface area (Å²) in [7, 11) is 0. The molecule has 2 heterocycles. The van der Waals surface area contributed by atoms with Crippen LogP contribution in [0, 0.1) is 23.0 Å². The van der Waals surface area contributed by atoms with Crippen molar-refractivity contribution in [3.05, 3.63) is 74.9 Å². The third-order valence-electron chi connectivity index (χ3n) is 5.00. The maximum absolute atomic E-state index is 12.9. The summed E-state index contributed by atoms with van der Waals surface area (Å²) in [5, 5.41) is 18.1. The fourth-order valence-electron chi connectivity index (χ4n) is 3.51. The van der Waals surface area contributed by atoms with Crippen LogP contribution in [0.4, 0.5) is 17.2 Å². The molecule has 1 aliphatic heterocycles. The smallest absolute Gasteiger partial charge is 0.269 e. The summed E-state index contributed by atoms with van der Waals surface area (Å²) >= 11 is 3.40. The van der Waals surface area contributed by atoms with Gasteiger partial charge in [0.2, 0.25) is 11.8 Å². The van der Waals surface area contributed by atoms with E-state index in [-0.39, 0.29) is 30.5 Å². The van der Waals surface area contributed by atoms with Crippen molar-refractivity contribution >= 4 is 44.9 Å². The summed E-state index contributed by atoms with van der Waals surface area (Å²) in [6, 6.07) is 15.0. The zero-order valence-corrected chi connectivity index (χ0v) is 18.1. The van der Waals surface area contributed by atoms with Crippen LogP contribution >= 0.6 is 15.9 Å². The molecule has 0 spiro atoms. The number of benzene rings is 2. The van der Waals surface area contributed by atoms with E-state index in [1.807, 2.05) is 24.3 Å². The lowest BCUT2D eigenvalue weighted by atomic mass is 10.1. The number of nitrogens with one attached hydrogen (secondary N) is 1. The number of nitro benzene ring substituents is 1. The van der Waals surface area contributed by atoms with Crippen molar-refractivity contribution in [2.24, 2.45) is 5.92 Å². The van der Waals surface area contributed by atoms with E-state index in [0.717, 1.165) is 10.2 Å². The van der Waals surface area contributed by atoms with Gasteiger partial charge in [-0.25, -0.2) is 4.68 Å². The van der Waals surface area contributed by atoms with Crippen molar-refractivity contribution in [3.8, 4) is 5.69 Å². The van der Waals surface area contributed by atoms with E-state index in [9.17, 15) is 19.7 Å². The van der Waals surface area contributed by atoms with Gasteiger partial charge >= 0.3 is 0 Å². The molecule has 10 heteroatoms. The van der Waals surface area contributed by atoms with E-state index in [1.165, 1.54) is 16.8 Å². The Morgan fingerprint density at radius 1 is 1.19 bits per heavy atom. The lowest BCUT2D eigenvalue weighted by molar-refractivity contribution is -0.384. The van der Waals surface area contributed by atoms with Crippen LogP contribution in [0.5, 0.6) is 0 Å². The van der Waals surface area contributed by atoms with Crippen molar-refractivity contribution < 1.29 is 14.5 Å². The molecule has 1 N–H and O–H groups in total. The molecule has 2 aromatic carbocycles. The quantitative estimate of drug-likeness (QED) is 0.437. The fourth-order valence-corrected chi connectivity index (χ4v) is 3.89. The van der Waals surface area contributed by atoms with Gasteiger partial charge in [0, 0.05) is 41.3 Å². The Balaban J connectivity index is 1.52. The van der Waals surface area contributed by atoms with Crippen molar-refractivity contribution in [1.82, 2.24) is 9.78 Å². The number of non-ortho nitro benzene ring substituents is 1. The predicted molar refractivity (Wildman–Crippen MR) is 118 cm³/mol. The second kappa shape index (κ2) is 8.31. The Morgan fingerprint density at radius 3 is 2.61 bits per heavy atom. The molecule has 3 aromatic rings. The Hall–Kier alpha value is -3.53. The normalized spacial score (nSPS) is 15.9. The zero-order chi connectivity index (χ0) is 22.1. The van der Waals surface area contributed by atoms with Crippen LogP contribution in [0.2, 0.25) is 0 Å². The third kappa shape index (κ3) is 4.33. The van der Waals surface area contributed by atoms with Crippen molar-refractivity contribution in [2.75, 3.05) is 16.8 Å². The molecule has 158 valence electrons. The average molecular weight is 484 g/mol. The minimum atomic E-state index is -0.507. The number of aromatic nitrogens is 2. The Labute approximate surface area is 185 Å². The lowest BCUT2D eigenvalue weighted by Gasteiger charge is -2.17. The van der Waals surface area contributed by atoms with Gasteiger partial charge in [-0.15, -0.1) is 0 Å². The molecular formula is C21H18BrN5O4. The number of carbonyl (C=O) groups is 2. The molecule has 4 rings (SSSR count). The highest BCUT2D eigenvalue weighted by Crippen LogP contribution is 2.28. The number of amides is 2. The first-order chi connectivity index (χ1) is 14.8. The van der Waals surface area contributed by atoms with Crippen LogP contribution in [0.3, 0.4) is 0 Å². The standard InChI is InChI=1S/C21H18BrN5O4/c1-13-9-19(26(24-13)16-5-7-17(8-6-16)27(30)31)23-21(29)14-10-20(28)25(12-14)18-4-2-3-15(22)11-18/h2-9,11,14H,10,12H2,1H3,(H,23,29). The number of carbonyl (C=O) groups excluding carboxylic acids is 2. The summed E-state index contributed by atoms with van der Waals surface area (Å²) in [6.45, 7) is 2.07. The molecule has 1 aromatic heterocycles. The Bertz CT molecular complexity index is 1170. The fraction of sp³-hybridized carbons (Fsp3) is 0.190. The highest BCUT2D eigenvalue weighted by Gasteiger charge is 2.35. The minimum Gasteiger partial charge on any atom is -0.312 e. The molecule has 0 saturated carbocycles. The monoisotopic (exact) mass is 483 g/mol. The molecule has 9 nitrogen and oxygen atoms in total. The number of nitro groups is 1. The number of hydrogen-bond donors (Lipinski definition) is 1. The van der Waals surface area contributed by atoms with Crippen LogP contribution in [0.15, 0.2) is 59.1 Å². The average Bonchev–Trinajstić information content (AvgIpc) is 3.30. The van der Waals surface area contributed by atoms with Crippen LogP contribution in [0.25, 0.3) is 5.69 Å². The maximum atomic E-state index is 12.9. The lowest BCUT2D eigenvalue weighted by Crippen LogP contribution is -2.28. The van der Waals surface area contributed by atoms with Gasteiger partial charge in [-0.1, -0.05) is 22.0 Å². The number of anilines is 2. The number of hydrogen-bond acceptors (Lipinski definition) is 5. The van der Waals surface area contributed by atoms with E-state index >= 15 is 0 Å². The molecule has 1 aliphatic rings. The largest absolute Gasteiger partial charge is 0.312 e. The molecule has 1 atom stereocenters. The van der Waals surface area contributed by atoms with Crippen LogP contribution in [0.1, 0.15) is 12.1 Å². The highest BCUT2D eigenvalue weighted by molar-refractivity contribution is 9.10. The molecule has 1 unspecified atom stereocenters. The van der Waals surface area contributed by atoms with E-state index in [4.69, 9.17) is 0 Å². The minimum absolute atomic E-state index is 0.0321. The first-order valence-electron chi connectivity index (χ1n) is 9.50. The van der Waals surface area contributed by atoms with Gasteiger partial charge in [0.05, 0.1) is 22.2 Å². The van der Waals surface area contributed by atoms with Crippen molar-refractivity contribution in [1.29, 1.82) is 0 Å². The van der Waals surface area contributed by atoms with Gasteiger partial charge in [0.1, 0.15) is 5.82 Å². The molecule has 0 aliphatic carbocycles. The van der Waals surface area contributed by atoms with Gasteiger partial charge in [0.25, 0.3) is 5.69 Å². The summed E-state index contributed by atoms with van der Waals surface area (Å²) in [5.41, 5.74) is 1.95. The summed E-state index contributed by atoms with van der Waals surface area (Å²) < 4.78 is 2.37. The number of nitrogens with zero attached hydrogens (tertiary/aromatic N) is 4. The molecule has 2 amide bonds. The van der Waals surface area contributed by atoms with Gasteiger partial charge in [-0.3, -0.25) is 19.7 Å². The maximum Gasteiger partial charge on any atom is 0.269 e. The first-order valence-corrected chi connectivity index (χ1v) is 10.3. The first kappa shape index (κ1) is 20.7.